The summed E-state index contributed by atoms with van der Waals surface area (Å²) in [6, 6.07) is 2.64. The number of hydrogen-bond acceptors (Lipinski definition) is 3. The van der Waals surface area contributed by atoms with Crippen molar-refractivity contribution in [2.45, 2.75) is 44.7 Å². The van der Waals surface area contributed by atoms with Gasteiger partial charge in [0.05, 0.1) is 13.7 Å². The monoisotopic (exact) mass is 245 g/mol. The molecule has 0 N–H and O–H groups in total. The summed E-state index contributed by atoms with van der Waals surface area (Å²) < 4.78 is 7.35. The number of ether oxygens (including phenoxy) is 1. The Bertz CT molecular complexity index is 238. The fraction of sp³-hybridized carbons (Fsp3) is 0.900. The highest BCUT2D eigenvalue weighted by Gasteiger charge is 2.44. The lowest BCUT2D eigenvalue weighted by Crippen LogP contribution is -2.65. The lowest BCUT2D eigenvalue weighted by atomic mass is 10.6. The predicted molar refractivity (Wildman–Crippen MR) is 67.9 cm³/mol. The van der Waals surface area contributed by atoms with E-state index in [-0.39, 0.29) is 5.97 Å². The summed E-state index contributed by atoms with van der Waals surface area (Å²) in [5.41, 5.74) is 0. The van der Waals surface area contributed by atoms with Crippen molar-refractivity contribution in [1.82, 2.24) is 4.23 Å². The molecule has 0 radical (unpaired) electrons. The molecule has 0 amide bonds. The summed E-state index contributed by atoms with van der Waals surface area (Å²) in [5, 5.41) is 0. The van der Waals surface area contributed by atoms with E-state index in [9.17, 15) is 4.79 Å². The van der Waals surface area contributed by atoms with E-state index in [1.165, 1.54) is 25.6 Å². The van der Waals surface area contributed by atoms with Crippen molar-refractivity contribution in [3.63, 3.8) is 0 Å². The van der Waals surface area contributed by atoms with Gasteiger partial charge in [0, 0.05) is 0 Å². The summed E-state index contributed by atoms with van der Waals surface area (Å²) in [4.78, 5) is 11.4. The van der Waals surface area contributed by atoms with E-state index >= 15 is 0 Å². The topological polar surface area (TPSA) is 29.5 Å². The summed E-state index contributed by atoms with van der Waals surface area (Å²) in [7, 11) is -1.20. The lowest BCUT2D eigenvalue weighted by molar-refractivity contribution is -0.140. The van der Waals surface area contributed by atoms with E-state index in [0.29, 0.717) is 6.54 Å². The molecular weight excluding hydrogens is 222 g/mol. The molecule has 1 aliphatic rings. The highest BCUT2D eigenvalue weighted by molar-refractivity contribution is 6.92. The second kappa shape index (κ2) is 4.39. The van der Waals surface area contributed by atoms with E-state index in [1.807, 2.05) is 0 Å². The lowest BCUT2D eigenvalue weighted by Gasteiger charge is -2.50. The molecule has 1 aliphatic heterocycles. The zero-order valence-corrected chi connectivity index (χ0v) is 12.6. The third kappa shape index (κ3) is 2.92. The second-order valence-corrected chi connectivity index (χ2v) is 15.4. The van der Waals surface area contributed by atoms with Crippen molar-refractivity contribution in [3.05, 3.63) is 0 Å². The van der Waals surface area contributed by atoms with Gasteiger partial charge < -0.3 is 8.97 Å². The van der Waals surface area contributed by atoms with Crippen molar-refractivity contribution in [2.75, 3.05) is 13.7 Å². The van der Waals surface area contributed by atoms with Gasteiger partial charge in [0.15, 0.2) is 0 Å². The number of carbonyl (C=O) groups excluding carboxylic acids is 1. The average molecular weight is 245 g/mol. The first kappa shape index (κ1) is 12.9. The fourth-order valence-corrected chi connectivity index (χ4v) is 14.0. The van der Waals surface area contributed by atoms with E-state index in [4.69, 9.17) is 4.74 Å². The molecule has 0 unspecified atom stereocenters. The first-order chi connectivity index (χ1) is 6.79. The van der Waals surface area contributed by atoms with Crippen molar-refractivity contribution in [3.8, 4) is 0 Å². The van der Waals surface area contributed by atoms with Crippen LogP contribution in [0.25, 0.3) is 0 Å². The first-order valence-electron chi connectivity index (χ1n) is 5.64. The number of esters is 1. The van der Waals surface area contributed by atoms with Gasteiger partial charge in [0.25, 0.3) is 0 Å². The third-order valence-corrected chi connectivity index (χ3v) is 13.6. The molecule has 0 atom stereocenters. The first-order valence-corrected chi connectivity index (χ1v) is 11.9. The van der Waals surface area contributed by atoms with Gasteiger partial charge in [-0.3, -0.25) is 4.79 Å². The van der Waals surface area contributed by atoms with Crippen LogP contribution in [0.3, 0.4) is 0 Å². The molecule has 0 saturated carbocycles. The van der Waals surface area contributed by atoms with Crippen LogP contribution in [0.2, 0.25) is 38.3 Å². The Morgan fingerprint density at radius 3 is 2.07 bits per heavy atom. The summed E-state index contributed by atoms with van der Waals surface area (Å²) in [5.74, 6) is -0.0713. The number of hydrogen-bond donors (Lipinski definition) is 0. The minimum Gasteiger partial charge on any atom is -0.468 e. The molecule has 88 valence electrons. The van der Waals surface area contributed by atoms with E-state index in [2.05, 4.69) is 30.4 Å². The zero-order chi connectivity index (χ0) is 11.7. The molecule has 1 rings (SSSR count). The van der Waals surface area contributed by atoms with Crippen LogP contribution in [0.15, 0.2) is 0 Å². The van der Waals surface area contributed by atoms with Gasteiger partial charge in [-0.1, -0.05) is 32.6 Å². The molecular formula is C10H23NO2Si2. The smallest absolute Gasteiger partial charge is 0.318 e. The van der Waals surface area contributed by atoms with Gasteiger partial charge in [-0.15, -0.1) is 0 Å². The molecule has 0 spiro atoms. The molecule has 3 nitrogen and oxygen atoms in total. The van der Waals surface area contributed by atoms with Crippen LogP contribution in [0.5, 0.6) is 0 Å². The van der Waals surface area contributed by atoms with Crippen molar-refractivity contribution >= 4 is 22.4 Å². The molecule has 0 aromatic heterocycles. The molecule has 0 aliphatic carbocycles. The van der Waals surface area contributed by atoms with Crippen molar-refractivity contribution < 1.29 is 9.53 Å². The van der Waals surface area contributed by atoms with Crippen LogP contribution in [-0.4, -0.2) is 40.3 Å². The average Bonchev–Trinajstić information content (AvgIpc) is 2.10. The van der Waals surface area contributed by atoms with Gasteiger partial charge in [0.2, 0.25) is 0 Å². The van der Waals surface area contributed by atoms with Crippen LogP contribution < -0.4 is 0 Å². The van der Waals surface area contributed by atoms with Crippen molar-refractivity contribution in [1.29, 1.82) is 0 Å². The molecule has 15 heavy (non-hydrogen) atoms. The number of rotatable bonds is 2. The Morgan fingerprint density at radius 2 is 1.67 bits per heavy atom. The quantitative estimate of drug-likeness (QED) is 0.552. The summed E-state index contributed by atoms with van der Waals surface area (Å²) in [6.45, 7) is 10.0. The number of nitrogens with zero attached hydrogens (tertiary/aromatic N) is 1. The number of carbonyl (C=O) groups is 1. The molecule has 1 heterocycles. The van der Waals surface area contributed by atoms with Gasteiger partial charge in [-0.2, -0.15) is 0 Å². The van der Waals surface area contributed by atoms with E-state index in [1.54, 1.807) is 0 Å². The summed E-state index contributed by atoms with van der Waals surface area (Å²) in [6.07, 6.45) is 1.36. The van der Waals surface area contributed by atoms with Gasteiger partial charge in [-0.05, 0) is 12.1 Å². The van der Waals surface area contributed by atoms with Gasteiger partial charge >= 0.3 is 5.97 Å². The molecule has 0 aromatic carbocycles. The largest absolute Gasteiger partial charge is 0.468 e. The fourth-order valence-electron chi connectivity index (χ4n) is 2.66. The SMILES string of the molecule is COC(=O)CN1[Si](C)(C)CCC[Si]1(C)C. The number of methoxy groups -OCH3 is 1. The van der Waals surface area contributed by atoms with E-state index < -0.39 is 16.5 Å². The van der Waals surface area contributed by atoms with Crippen LogP contribution >= 0.6 is 0 Å². The highest BCUT2D eigenvalue weighted by atomic mass is 28.4. The standard InChI is InChI=1S/C10H23NO2Si2/c1-13-10(12)9-11-14(2,3)7-6-8-15(11,4)5/h6-9H2,1-5H3. The van der Waals surface area contributed by atoms with Crippen LogP contribution in [-0.2, 0) is 9.53 Å². The van der Waals surface area contributed by atoms with Gasteiger partial charge in [-0.25, -0.2) is 0 Å². The van der Waals surface area contributed by atoms with Crippen LogP contribution in [0, 0.1) is 0 Å². The van der Waals surface area contributed by atoms with Gasteiger partial charge in [0.1, 0.15) is 16.5 Å². The Labute approximate surface area is 95.0 Å². The molecule has 5 heteroatoms. The van der Waals surface area contributed by atoms with Crippen LogP contribution in [0.4, 0.5) is 0 Å². The van der Waals surface area contributed by atoms with Crippen LogP contribution in [0.1, 0.15) is 6.42 Å². The Morgan fingerprint density at radius 1 is 1.20 bits per heavy atom. The maximum absolute atomic E-state index is 11.4. The van der Waals surface area contributed by atoms with Crippen molar-refractivity contribution in [2.24, 2.45) is 0 Å². The zero-order valence-electron chi connectivity index (χ0n) is 10.6. The second-order valence-electron chi connectivity index (χ2n) is 5.64. The third-order valence-electron chi connectivity index (χ3n) is 3.55. The minimum absolute atomic E-state index is 0.0713. The van der Waals surface area contributed by atoms with E-state index in [0.717, 1.165) is 0 Å². The highest BCUT2D eigenvalue weighted by Crippen LogP contribution is 2.34. The molecule has 0 aromatic rings. The summed E-state index contributed by atoms with van der Waals surface area (Å²) >= 11 is 0. The Kier molecular flexibility index (Phi) is 3.78. The minimum atomic E-state index is -1.34. The molecule has 1 fully saturated rings. The normalized spacial score (nSPS) is 24.9. The maximum atomic E-state index is 11.4. The molecule has 1 saturated heterocycles. The molecule has 0 bridgehead atoms. The maximum Gasteiger partial charge on any atom is 0.318 e. The Balaban J connectivity index is 2.81. The predicted octanol–water partition coefficient (Wildman–Crippen LogP) is 2.28. The Hall–Kier alpha value is -0.136.